The minimum atomic E-state index is -0.345. The number of thiazole rings is 1. The average Bonchev–Trinajstić information content (AvgIpc) is 3.03. The molecule has 0 saturated heterocycles. The average molecular weight is 492 g/mol. The van der Waals surface area contributed by atoms with Gasteiger partial charge in [-0.2, -0.15) is 0 Å². The molecule has 0 amide bonds. The highest BCUT2D eigenvalue weighted by Crippen LogP contribution is 2.17. The van der Waals surface area contributed by atoms with Gasteiger partial charge in [0.1, 0.15) is 6.10 Å². The molecule has 1 atom stereocenters. The predicted molar refractivity (Wildman–Crippen MR) is 116 cm³/mol. The van der Waals surface area contributed by atoms with Crippen molar-refractivity contribution in [2.45, 2.75) is 32.8 Å². The van der Waals surface area contributed by atoms with Gasteiger partial charge < -0.3 is 15.4 Å². The molecule has 1 unspecified atom stereocenters. The van der Waals surface area contributed by atoms with Gasteiger partial charge in [-0.05, 0) is 25.5 Å². The molecule has 2 rings (SSSR count). The van der Waals surface area contributed by atoms with Gasteiger partial charge in [0.15, 0.2) is 17.5 Å². The number of halogens is 2. The molecule has 0 saturated carbocycles. The van der Waals surface area contributed by atoms with Crippen LogP contribution in [0.2, 0.25) is 0 Å². The van der Waals surface area contributed by atoms with Crippen LogP contribution in [-0.4, -0.2) is 37.2 Å². The topological polar surface area (TPSA) is 58.5 Å². The normalized spacial score (nSPS) is 12.2. The summed E-state index contributed by atoms with van der Waals surface area (Å²) in [6.45, 7) is 5.35. The zero-order chi connectivity index (χ0) is 18.1. The number of benzene rings is 1. The number of aliphatic imine (C=N–C) groups is 1. The van der Waals surface area contributed by atoms with E-state index in [2.05, 4.69) is 27.5 Å². The number of ether oxygens (including phenoxy) is 1. The van der Waals surface area contributed by atoms with Gasteiger partial charge in [0.05, 0.1) is 11.6 Å². The lowest BCUT2D eigenvalue weighted by Crippen LogP contribution is -2.43. The summed E-state index contributed by atoms with van der Waals surface area (Å²) in [5, 5.41) is 7.59. The lowest BCUT2D eigenvalue weighted by molar-refractivity contribution is 0.191. The van der Waals surface area contributed by atoms with Crippen molar-refractivity contribution in [3.63, 3.8) is 0 Å². The summed E-state index contributed by atoms with van der Waals surface area (Å²) in [7, 11) is 1.72. The molecule has 144 valence electrons. The van der Waals surface area contributed by atoms with E-state index < -0.39 is 0 Å². The van der Waals surface area contributed by atoms with Crippen LogP contribution in [0.4, 0.5) is 4.39 Å². The van der Waals surface area contributed by atoms with Crippen LogP contribution in [-0.2, 0) is 6.42 Å². The Morgan fingerprint density at radius 1 is 1.35 bits per heavy atom. The first kappa shape index (κ1) is 22.6. The predicted octanol–water partition coefficient (Wildman–Crippen LogP) is 3.77. The van der Waals surface area contributed by atoms with E-state index in [1.165, 1.54) is 10.9 Å². The maximum absolute atomic E-state index is 13.7. The van der Waals surface area contributed by atoms with E-state index in [1.807, 2.05) is 13.1 Å². The number of para-hydroxylation sites is 1. The molecule has 5 nitrogen and oxygen atoms in total. The van der Waals surface area contributed by atoms with Crippen molar-refractivity contribution < 1.29 is 9.13 Å². The van der Waals surface area contributed by atoms with Crippen LogP contribution in [0, 0.1) is 12.7 Å². The molecule has 1 aromatic carbocycles. The van der Waals surface area contributed by atoms with Crippen molar-refractivity contribution in [3.8, 4) is 5.75 Å². The number of aromatic nitrogens is 1. The zero-order valence-electron chi connectivity index (χ0n) is 15.3. The van der Waals surface area contributed by atoms with E-state index >= 15 is 0 Å². The minimum absolute atomic E-state index is 0. The lowest BCUT2D eigenvalue weighted by Gasteiger charge is -2.20. The Morgan fingerprint density at radius 3 is 2.73 bits per heavy atom. The van der Waals surface area contributed by atoms with Crippen LogP contribution in [0.3, 0.4) is 0 Å². The number of guanidine groups is 1. The zero-order valence-corrected chi connectivity index (χ0v) is 18.4. The van der Waals surface area contributed by atoms with Gasteiger partial charge in [-0.3, -0.25) is 4.99 Å². The maximum Gasteiger partial charge on any atom is 0.191 e. The largest absolute Gasteiger partial charge is 0.486 e. The highest BCUT2D eigenvalue weighted by Gasteiger charge is 2.12. The summed E-state index contributed by atoms with van der Waals surface area (Å²) in [5.41, 5.74) is 0. The van der Waals surface area contributed by atoms with Crippen LogP contribution >= 0.6 is 35.3 Å². The van der Waals surface area contributed by atoms with Gasteiger partial charge in [-0.25, -0.2) is 9.37 Å². The van der Waals surface area contributed by atoms with E-state index in [4.69, 9.17) is 4.74 Å². The Hall–Kier alpha value is -1.42. The van der Waals surface area contributed by atoms with Crippen molar-refractivity contribution in [3.05, 3.63) is 46.2 Å². The van der Waals surface area contributed by atoms with Gasteiger partial charge in [0.2, 0.25) is 0 Å². The fourth-order valence-corrected chi connectivity index (χ4v) is 3.01. The molecule has 0 aliphatic heterocycles. The highest BCUT2D eigenvalue weighted by molar-refractivity contribution is 14.0. The van der Waals surface area contributed by atoms with Crippen LogP contribution in [0.15, 0.2) is 35.5 Å². The Labute approximate surface area is 175 Å². The third-order valence-corrected chi connectivity index (χ3v) is 4.58. The first-order valence-electron chi connectivity index (χ1n) is 8.39. The number of hydrogen-bond donors (Lipinski definition) is 2. The standard InChI is InChI=1S/C18H25FN4OS.HI/c1-4-14(24-16-8-6-5-7-15(16)19)12-23-18(20-3)21-10-9-17-22-11-13(2)25-17;/h5-8,11,14H,4,9-10,12H2,1-3H3,(H2,20,21,23);1H. The molecule has 1 aromatic heterocycles. The molecule has 1 heterocycles. The lowest BCUT2D eigenvalue weighted by atomic mass is 10.2. The first-order valence-corrected chi connectivity index (χ1v) is 9.21. The number of hydrogen-bond acceptors (Lipinski definition) is 4. The second-order valence-corrected chi connectivity index (χ2v) is 6.89. The molecule has 0 fully saturated rings. The Bertz CT molecular complexity index is 695. The molecule has 2 N–H and O–H groups in total. The summed E-state index contributed by atoms with van der Waals surface area (Å²) >= 11 is 1.70. The van der Waals surface area contributed by atoms with Crippen molar-refractivity contribution >= 4 is 41.3 Å². The Kier molecular flexibility index (Phi) is 10.5. The summed E-state index contributed by atoms with van der Waals surface area (Å²) in [4.78, 5) is 9.76. The second kappa shape index (κ2) is 12.1. The number of nitrogens with zero attached hydrogens (tertiary/aromatic N) is 2. The van der Waals surface area contributed by atoms with Crippen LogP contribution in [0.1, 0.15) is 23.2 Å². The third kappa shape index (κ3) is 7.45. The van der Waals surface area contributed by atoms with Crippen molar-refractivity contribution in [2.24, 2.45) is 4.99 Å². The summed E-state index contributed by atoms with van der Waals surface area (Å²) in [6.07, 6.45) is 3.36. The summed E-state index contributed by atoms with van der Waals surface area (Å²) < 4.78 is 19.4. The molecule has 0 aliphatic carbocycles. The van der Waals surface area contributed by atoms with Gasteiger partial charge in [0, 0.05) is 31.1 Å². The summed E-state index contributed by atoms with van der Waals surface area (Å²) in [5.74, 6) is 0.629. The van der Waals surface area contributed by atoms with Gasteiger partial charge in [-0.15, -0.1) is 35.3 Å². The molecule has 26 heavy (non-hydrogen) atoms. The smallest absolute Gasteiger partial charge is 0.191 e. The van der Waals surface area contributed by atoms with Crippen molar-refractivity contribution in [1.29, 1.82) is 0 Å². The molecular formula is C18H26FIN4OS. The van der Waals surface area contributed by atoms with Gasteiger partial charge >= 0.3 is 0 Å². The highest BCUT2D eigenvalue weighted by atomic mass is 127. The van der Waals surface area contributed by atoms with E-state index in [-0.39, 0.29) is 41.6 Å². The SMILES string of the molecule is CCC(CNC(=NC)NCCc1ncc(C)s1)Oc1ccccc1F.I. The van der Waals surface area contributed by atoms with Gasteiger partial charge in [0.25, 0.3) is 0 Å². The van der Waals surface area contributed by atoms with E-state index in [9.17, 15) is 4.39 Å². The number of rotatable bonds is 8. The van der Waals surface area contributed by atoms with E-state index in [0.29, 0.717) is 12.5 Å². The third-order valence-electron chi connectivity index (χ3n) is 3.61. The Balaban J connectivity index is 0.00000338. The fourth-order valence-electron chi connectivity index (χ4n) is 2.23. The summed E-state index contributed by atoms with van der Waals surface area (Å²) in [6, 6.07) is 6.45. The molecule has 0 spiro atoms. The van der Waals surface area contributed by atoms with Gasteiger partial charge in [-0.1, -0.05) is 19.1 Å². The number of nitrogens with one attached hydrogen (secondary N) is 2. The van der Waals surface area contributed by atoms with Crippen LogP contribution < -0.4 is 15.4 Å². The number of aryl methyl sites for hydroxylation is 1. The van der Waals surface area contributed by atoms with E-state index in [0.717, 1.165) is 24.4 Å². The molecule has 0 aliphatic rings. The van der Waals surface area contributed by atoms with Crippen molar-refractivity contribution in [1.82, 2.24) is 15.6 Å². The minimum Gasteiger partial charge on any atom is -0.486 e. The first-order chi connectivity index (χ1) is 12.1. The van der Waals surface area contributed by atoms with Crippen LogP contribution in [0.5, 0.6) is 5.75 Å². The van der Waals surface area contributed by atoms with Crippen molar-refractivity contribution in [2.75, 3.05) is 20.1 Å². The van der Waals surface area contributed by atoms with E-state index in [1.54, 1.807) is 36.6 Å². The fraction of sp³-hybridized carbons (Fsp3) is 0.444. The molecular weight excluding hydrogens is 466 g/mol. The Morgan fingerprint density at radius 2 is 2.12 bits per heavy atom. The quantitative estimate of drug-likeness (QED) is 0.335. The molecule has 0 radical (unpaired) electrons. The molecule has 0 bridgehead atoms. The molecule has 2 aromatic rings. The molecule has 8 heteroatoms. The second-order valence-electron chi connectivity index (χ2n) is 5.57. The maximum atomic E-state index is 13.7. The monoisotopic (exact) mass is 492 g/mol. The van der Waals surface area contributed by atoms with Crippen LogP contribution in [0.25, 0.3) is 0 Å².